The van der Waals surface area contributed by atoms with E-state index in [1.807, 2.05) is 13.8 Å². The second-order valence-electron chi connectivity index (χ2n) is 4.89. The van der Waals surface area contributed by atoms with Crippen LogP contribution in [-0.2, 0) is 9.47 Å². The fourth-order valence-corrected chi connectivity index (χ4v) is 1.62. The Kier molecular flexibility index (Phi) is 4.99. The van der Waals surface area contributed by atoms with Crippen molar-refractivity contribution in [3.63, 3.8) is 0 Å². The average molecular weight is 216 g/mol. The van der Waals surface area contributed by atoms with E-state index in [1.54, 1.807) is 0 Å². The van der Waals surface area contributed by atoms with Crippen molar-refractivity contribution in [2.24, 2.45) is 5.73 Å². The Morgan fingerprint density at radius 1 is 1.53 bits per heavy atom. The van der Waals surface area contributed by atoms with E-state index in [9.17, 15) is 0 Å². The molecule has 4 heteroatoms. The lowest BCUT2D eigenvalue weighted by Crippen LogP contribution is -2.45. The number of morpholine rings is 1. The highest BCUT2D eigenvalue weighted by Crippen LogP contribution is 2.06. The first-order chi connectivity index (χ1) is 7.01. The average Bonchev–Trinajstić information content (AvgIpc) is 2.16. The highest BCUT2D eigenvalue weighted by molar-refractivity contribution is 4.73. The summed E-state index contributed by atoms with van der Waals surface area (Å²) in [6.07, 6.45) is 0.209. The SMILES string of the molecule is CCN1CCOC(COCC(C)(C)N)C1. The van der Waals surface area contributed by atoms with Gasteiger partial charge in [0.2, 0.25) is 0 Å². The molecule has 0 saturated carbocycles. The zero-order valence-electron chi connectivity index (χ0n) is 10.2. The van der Waals surface area contributed by atoms with Gasteiger partial charge in [0.25, 0.3) is 0 Å². The maximum absolute atomic E-state index is 5.83. The number of nitrogens with two attached hydrogens (primary N) is 1. The summed E-state index contributed by atoms with van der Waals surface area (Å²) in [5.41, 5.74) is 5.58. The van der Waals surface area contributed by atoms with Crippen molar-refractivity contribution in [3.8, 4) is 0 Å². The molecule has 0 amide bonds. The van der Waals surface area contributed by atoms with Crippen LogP contribution < -0.4 is 5.73 Å². The van der Waals surface area contributed by atoms with Crippen molar-refractivity contribution in [2.45, 2.75) is 32.4 Å². The predicted molar refractivity (Wildman–Crippen MR) is 60.9 cm³/mol. The van der Waals surface area contributed by atoms with E-state index < -0.39 is 0 Å². The van der Waals surface area contributed by atoms with Crippen molar-refractivity contribution < 1.29 is 9.47 Å². The summed E-state index contributed by atoms with van der Waals surface area (Å²) < 4.78 is 11.2. The Morgan fingerprint density at radius 2 is 2.27 bits per heavy atom. The molecule has 1 saturated heterocycles. The molecule has 15 heavy (non-hydrogen) atoms. The predicted octanol–water partition coefficient (Wildman–Crippen LogP) is 0.461. The Labute approximate surface area is 92.7 Å². The number of nitrogens with zero attached hydrogens (tertiary/aromatic N) is 1. The van der Waals surface area contributed by atoms with E-state index in [-0.39, 0.29) is 11.6 Å². The van der Waals surface area contributed by atoms with Crippen LogP contribution in [-0.4, -0.2) is 56.0 Å². The number of ether oxygens (including phenoxy) is 2. The molecule has 1 atom stereocenters. The number of likely N-dealkylation sites (N-methyl/N-ethyl adjacent to an activating group) is 1. The lowest BCUT2D eigenvalue weighted by Gasteiger charge is -2.32. The molecule has 0 aromatic heterocycles. The minimum Gasteiger partial charge on any atom is -0.377 e. The van der Waals surface area contributed by atoms with Crippen LogP contribution in [0.5, 0.6) is 0 Å². The van der Waals surface area contributed by atoms with Crippen molar-refractivity contribution in [1.82, 2.24) is 4.90 Å². The van der Waals surface area contributed by atoms with E-state index in [4.69, 9.17) is 15.2 Å². The van der Waals surface area contributed by atoms with Crippen LogP contribution in [0.15, 0.2) is 0 Å². The van der Waals surface area contributed by atoms with Crippen LogP contribution in [0, 0.1) is 0 Å². The molecule has 1 aliphatic heterocycles. The van der Waals surface area contributed by atoms with E-state index >= 15 is 0 Å². The summed E-state index contributed by atoms with van der Waals surface area (Å²) >= 11 is 0. The number of hydrogen-bond acceptors (Lipinski definition) is 4. The molecule has 2 N–H and O–H groups in total. The fourth-order valence-electron chi connectivity index (χ4n) is 1.62. The standard InChI is InChI=1S/C11H24N2O2/c1-4-13-5-6-15-10(7-13)8-14-9-11(2,3)12/h10H,4-9,12H2,1-3H3. The molecule has 1 aliphatic rings. The maximum atomic E-state index is 5.83. The highest BCUT2D eigenvalue weighted by atomic mass is 16.5. The van der Waals surface area contributed by atoms with Crippen LogP contribution in [0.25, 0.3) is 0 Å². The van der Waals surface area contributed by atoms with Gasteiger partial charge in [-0.25, -0.2) is 0 Å². The smallest absolute Gasteiger partial charge is 0.0935 e. The molecule has 0 bridgehead atoms. The van der Waals surface area contributed by atoms with Gasteiger partial charge in [-0.1, -0.05) is 6.92 Å². The highest BCUT2D eigenvalue weighted by Gasteiger charge is 2.20. The van der Waals surface area contributed by atoms with Crippen LogP contribution in [0.3, 0.4) is 0 Å². The second-order valence-corrected chi connectivity index (χ2v) is 4.89. The monoisotopic (exact) mass is 216 g/mol. The van der Waals surface area contributed by atoms with Gasteiger partial charge in [0, 0.05) is 18.6 Å². The Balaban J connectivity index is 2.15. The summed E-state index contributed by atoms with van der Waals surface area (Å²) in [6, 6.07) is 0. The summed E-state index contributed by atoms with van der Waals surface area (Å²) in [5, 5.41) is 0. The summed E-state index contributed by atoms with van der Waals surface area (Å²) in [4.78, 5) is 2.38. The molecule has 1 heterocycles. The van der Waals surface area contributed by atoms with Crippen LogP contribution in [0.4, 0.5) is 0 Å². The molecule has 0 spiro atoms. The largest absolute Gasteiger partial charge is 0.377 e. The van der Waals surface area contributed by atoms with Crippen molar-refractivity contribution in [2.75, 3.05) is 39.5 Å². The van der Waals surface area contributed by atoms with Crippen LogP contribution >= 0.6 is 0 Å². The van der Waals surface area contributed by atoms with Gasteiger partial charge in [-0.2, -0.15) is 0 Å². The zero-order chi connectivity index (χ0) is 11.3. The van der Waals surface area contributed by atoms with Gasteiger partial charge in [0.1, 0.15) is 0 Å². The number of hydrogen-bond donors (Lipinski definition) is 1. The number of rotatable bonds is 5. The molecular weight excluding hydrogens is 192 g/mol. The van der Waals surface area contributed by atoms with Crippen molar-refractivity contribution >= 4 is 0 Å². The second kappa shape index (κ2) is 5.80. The van der Waals surface area contributed by atoms with Crippen LogP contribution in [0.2, 0.25) is 0 Å². The molecule has 0 aromatic rings. The molecule has 1 fully saturated rings. The summed E-state index contributed by atoms with van der Waals surface area (Å²) in [7, 11) is 0. The maximum Gasteiger partial charge on any atom is 0.0935 e. The van der Waals surface area contributed by atoms with Gasteiger partial charge < -0.3 is 15.2 Å². The Morgan fingerprint density at radius 3 is 2.87 bits per heavy atom. The Hall–Kier alpha value is -0.160. The van der Waals surface area contributed by atoms with E-state index in [1.165, 1.54) is 0 Å². The first-order valence-corrected chi connectivity index (χ1v) is 5.72. The quantitative estimate of drug-likeness (QED) is 0.725. The van der Waals surface area contributed by atoms with E-state index in [2.05, 4.69) is 11.8 Å². The summed E-state index contributed by atoms with van der Waals surface area (Å²) in [6.45, 7) is 11.2. The van der Waals surface area contributed by atoms with Gasteiger partial charge >= 0.3 is 0 Å². The molecule has 4 nitrogen and oxygen atoms in total. The molecular formula is C11H24N2O2. The molecule has 1 rings (SSSR count). The van der Waals surface area contributed by atoms with Gasteiger partial charge in [-0.05, 0) is 20.4 Å². The van der Waals surface area contributed by atoms with Crippen LogP contribution in [0.1, 0.15) is 20.8 Å². The van der Waals surface area contributed by atoms with Crippen molar-refractivity contribution in [3.05, 3.63) is 0 Å². The molecule has 1 unspecified atom stereocenters. The lowest BCUT2D eigenvalue weighted by molar-refractivity contribution is -0.0722. The molecule has 90 valence electrons. The first kappa shape index (κ1) is 12.9. The Bertz CT molecular complexity index is 180. The first-order valence-electron chi connectivity index (χ1n) is 5.72. The van der Waals surface area contributed by atoms with Gasteiger partial charge in [-0.3, -0.25) is 4.90 Å². The zero-order valence-corrected chi connectivity index (χ0v) is 10.2. The normalized spacial score (nSPS) is 24.4. The minimum atomic E-state index is -0.251. The van der Waals surface area contributed by atoms with Gasteiger partial charge in [0.05, 0.1) is 25.9 Å². The van der Waals surface area contributed by atoms with E-state index in [0.717, 1.165) is 26.2 Å². The molecule has 0 aromatic carbocycles. The topological polar surface area (TPSA) is 47.7 Å². The molecule has 0 radical (unpaired) electrons. The third-order valence-corrected chi connectivity index (χ3v) is 2.45. The minimum absolute atomic E-state index is 0.209. The molecule has 0 aliphatic carbocycles. The van der Waals surface area contributed by atoms with Gasteiger partial charge in [-0.15, -0.1) is 0 Å². The third kappa shape index (κ3) is 5.47. The van der Waals surface area contributed by atoms with Crippen molar-refractivity contribution in [1.29, 1.82) is 0 Å². The van der Waals surface area contributed by atoms with E-state index in [0.29, 0.717) is 13.2 Å². The lowest BCUT2D eigenvalue weighted by atomic mass is 10.1. The fraction of sp³-hybridized carbons (Fsp3) is 1.00. The summed E-state index contributed by atoms with van der Waals surface area (Å²) in [5.74, 6) is 0. The van der Waals surface area contributed by atoms with Gasteiger partial charge in [0.15, 0.2) is 0 Å². The third-order valence-electron chi connectivity index (χ3n) is 2.45.